The number of alkyl carbamates (subject to hydrolysis) is 1. The number of nitrogens with two attached hydrogens (primary N) is 1. The maximum Gasteiger partial charge on any atom is 0.408 e. The van der Waals surface area contributed by atoms with Crippen LogP contribution in [0.15, 0.2) is 18.3 Å². The minimum atomic E-state index is -0.865. The molecule has 7 heteroatoms. The van der Waals surface area contributed by atoms with E-state index in [2.05, 4.69) is 10.3 Å². The quantitative estimate of drug-likeness (QED) is 0.791. The van der Waals surface area contributed by atoms with Crippen molar-refractivity contribution in [1.82, 2.24) is 10.3 Å². The molecule has 1 unspecified atom stereocenters. The lowest BCUT2D eigenvalue weighted by Gasteiger charge is -2.22. The standard InChI is InChI=1S/C15H23N3O4/c1-15(2,3)22-14(20)18-12(13(19)21-4)7-11-6-5-10(8-16)9-17-11/h5-6,9,12H,7-8,16H2,1-4H3,(H,18,20). The molecular formula is C15H23N3O4. The van der Waals surface area contributed by atoms with Crippen LogP contribution in [0, 0.1) is 0 Å². The molecule has 7 nitrogen and oxygen atoms in total. The van der Waals surface area contributed by atoms with Gasteiger partial charge in [0.25, 0.3) is 0 Å². The average Bonchev–Trinajstić information content (AvgIpc) is 2.44. The molecule has 22 heavy (non-hydrogen) atoms. The lowest BCUT2D eigenvalue weighted by Crippen LogP contribution is -2.45. The summed E-state index contributed by atoms with van der Waals surface area (Å²) in [4.78, 5) is 27.8. The summed E-state index contributed by atoms with van der Waals surface area (Å²) in [5.41, 5.74) is 6.39. The van der Waals surface area contributed by atoms with Gasteiger partial charge in [0.2, 0.25) is 0 Å². The first kappa shape index (κ1) is 17.9. The summed E-state index contributed by atoms with van der Waals surface area (Å²) in [5.74, 6) is -0.560. The summed E-state index contributed by atoms with van der Waals surface area (Å²) in [6, 6.07) is 2.72. The van der Waals surface area contributed by atoms with Crippen molar-refractivity contribution >= 4 is 12.1 Å². The fraction of sp³-hybridized carbons (Fsp3) is 0.533. The maximum atomic E-state index is 11.8. The van der Waals surface area contributed by atoms with E-state index in [-0.39, 0.29) is 6.42 Å². The molecule has 1 aromatic rings. The SMILES string of the molecule is COC(=O)C(Cc1ccc(CN)cn1)NC(=O)OC(C)(C)C. The number of ether oxygens (including phenoxy) is 2. The highest BCUT2D eigenvalue weighted by Crippen LogP contribution is 2.09. The zero-order valence-electron chi connectivity index (χ0n) is 13.4. The van der Waals surface area contributed by atoms with E-state index in [1.54, 1.807) is 33.0 Å². The average molecular weight is 309 g/mol. The highest BCUT2D eigenvalue weighted by atomic mass is 16.6. The fourth-order valence-electron chi connectivity index (χ4n) is 1.69. The minimum absolute atomic E-state index is 0.205. The van der Waals surface area contributed by atoms with E-state index in [1.807, 2.05) is 6.07 Å². The first-order chi connectivity index (χ1) is 10.2. The third-order valence-electron chi connectivity index (χ3n) is 2.71. The smallest absolute Gasteiger partial charge is 0.408 e. The molecule has 1 amide bonds. The Hall–Kier alpha value is -2.15. The van der Waals surface area contributed by atoms with E-state index in [1.165, 1.54) is 7.11 Å². The second-order valence-electron chi connectivity index (χ2n) is 5.79. The first-order valence-electron chi connectivity index (χ1n) is 6.96. The van der Waals surface area contributed by atoms with Gasteiger partial charge in [-0.3, -0.25) is 4.98 Å². The molecule has 1 heterocycles. The number of hydrogen-bond donors (Lipinski definition) is 2. The molecule has 0 saturated heterocycles. The zero-order valence-corrected chi connectivity index (χ0v) is 13.4. The van der Waals surface area contributed by atoms with Crippen LogP contribution in [0.3, 0.4) is 0 Å². The van der Waals surface area contributed by atoms with Crippen LogP contribution in [0.25, 0.3) is 0 Å². The molecule has 1 aromatic heterocycles. The number of nitrogens with zero attached hydrogens (tertiary/aromatic N) is 1. The fourth-order valence-corrected chi connectivity index (χ4v) is 1.69. The number of rotatable bonds is 5. The summed E-state index contributed by atoms with van der Waals surface area (Å²) < 4.78 is 9.85. The highest BCUT2D eigenvalue weighted by molar-refractivity contribution is 5.81. The van der Waals surface area contributed by atoms with Gasteiger partial charge in [-0.05, 0) is 32.4 Å². The Morgan fingerprint density at radius 1 is 1.36 bits per heavy atom. The van der Waals surface area contributed by atoms with E-state index >= 15 is 0 Å². The van der Waals surface area contributed by atoms with Crippen LogP contribution in [0.1, 0.15) is 32.0 Å². The third-order valence-corrected chi connectivity index (χ3v) is 2.71. The molecular weight excluding hydrogens is 286 g/mol. The molecule has 0 spiro atoms. The van der Waals surface area contributed by atoms with Crippen LogP contribution in [0.4, 0.5) is 4.79 Å². The van der Waals surface area contributed by atoms with Crippen molar-refractivity contribution in [3.8, 4) is 0 Å². The van der Waals surface area contributed by atoms with Crippen molar-refractivity contribution in [2.24, 2.45) is 5.73 Å². The molecule has 0 fully saturated rings. The Labute approximate surface area is 130 Å². The van der Waals surface area contributed by atoms with E-state index < -0.39 is 23.7 Å². The molecule has 0 aromatic carbocycles. The molecule has 122 valence electrons. The number of pyridine rings is 1. The van der Waals surface area contributed by atoms with E-state index in [4.69, 9.17) is 15.2 Å². The van der Waals surface area contributed by atoms with Crippen molar-refractivity contribution in [2.75, 3.05) is 7.11 Å². The Morgan fingerprint density at radius 2 is 2.05 bits per heavy atom. The molecule has 0 aliphatic carbocycles. The van der Waals surface area contributed by atoms with Crippen molar-refractivity contribution in [3.63, 3.8) is 0 Å². The lowest BCUT2D eigenvalue weighted by molar-refractivity contribution is -0.143. The largest absolute Gasteiger partial charge is 0.467 e. The molecule has 1 atom stereocenters. The van der Waals surface area contributed by atoms with E-state index in [9.17, 15) is 9.59 Å². The Balaban J connectivity index is 2.75. The Morgan fingerprint density at radius 3 is 2.50 bits per heavy atom. The van der Waals surface area contributed by atoms with Crippen LogP contribution >= 0.6 is 0 Å². The molecule has 0 radical (unpaired) electrons. The van der Waals surface area contributed by atoms with Crippen LogP contribution in [0.2, 0.25) is 0 Å². The molecule has 0 aliphatic rings. The molecule has 0 saturated carbocycles. The summed E-state index contributed by atoms with van der Waals surface area (Å²) in [5, 5.41) is 2.50. The van der Waals surface area contributed by atoms with Gasteiger partial charge in [0, 0.05) is 24.9 Å². The van der Waals surface area contributed by atoms with Crippen molar-refractivity contribution in [3.05, 3.63) is 29.6 Å². The van der Waals surface area contributed by atoms with Crippen molar-refractivity contribution in [2.45, 2.75) is 45.4 Å². The Kier molecular flexibility index (Phi) is 6.30. The number of carbonyl (C=O) groups excluding carboxylic acids is 2. The summed E-state index contributed by atoms with van der Waals surface area (Å²) in [6.07, 6.45) is 1.16. The number of methoxy groups -OCH3 is 1. The van der Waals surface area contributed by atoms with Crippen LogP contribution in [-0.2, 0) is 27.2 Å². The molecule has 3 N–H and O–H groups in total. The van der Waals surface area contributed by atoms with Crippen molar-refractivity contribution in [1.29, 1.82) is 0 Å². The number of amides is 1. The number of aromatic nitrogens is 1. The van der Waals surface area contributed by atoms with E-state index in [0.717, 1.165) is 5.56 Å². The topological polar surface area (TPSA) is 104 Å². The van der Waals surface area contributed by atoms with Gasteiger partial charge in [0.1, 0.15) is 11.6 Å². The predicted molar refractivity (Wildman–Crippen MR) is 81.0 cm³/mol. The minimum Gasteiger partial charge on any atom is -0.467 e. The molecule has 1 rings (SSSR count). The van der Waals surface area contributed by atoms with Gasteiger partial charge in [0.15, 0.2) is 0 Å². The van der Waals surface area contributed by atoms with Gasteiger partial charge in [-0.2, -0.15) is 0 Å². The van der Waals surface area contributed by atoms with Crippen LogP contribution in [-0.4, -0.2) is 35.8 Å². The molecule has 0 bridgehead atoms. The summed E-state index contributed by atoms with van der Waals surface area (Å²) in [7, 11) is 1.26. The van der Waals surface area contributed by atoms with Gasteiger partial charge >= 0.3 is 12.1 Å². The van der Waals surface area contributed by atoms with Crippen molar-refractivity contribution < 1.29 is 19.1 Å². The number of carbonyl (C=O) groups is 2. The van der Waals surface area contributed by atoms with Gasteiger partial charge in [-0.15, -0.1) is 0 Å². The molecule has 0 aliphatic heterocycles. The van der Waals surface area contributed by atoms with Crippen LogP contribution in [0.5, 0.6) is 0 Å². The van der Waals surface area contributed by atoms with Crippen LogP contribution < -0.4 is 11.1 Å². The number of hydrogen-bond acceptors (Lipinski definition) is 6. The summed E-state index contributed by atoms with van der Waals surface area (Å²) in [6.45, 7) is 5.62. The zero-order chi connectivity index (χ0) is 16.8. The second kappa shape index (κ2) is 7.74. The second-order valence-corrected chi connectivity index (χ2v) is 5.79. The monoisotopic (exact) mass is 309 g/mol. The van der Waals surface area contributed by atoms with Gasteiger partial charge in [-0.25, -0.2) is 9.59 Å². The van der Waals surface area contributed by atoms with E-state index in [0.29, 0.717) is 12.2 Å². The number of nitrogens with one attached hydrogen (secondary N) is 1. The first-order valence-corrected chi connectivity index (χ1v) is 6.96. The predicted octanol–water partition coefficient (Wildman–Crippen LogP) is 1.15. The third kappa shape index (κ3) is 6.09. The Bertz CT molecular complexity index is 509. The maximum absolute atomic E-state index is 11.8. The highest BCUT2D eigenvalue weighted by Gasteiger charge is 2.25. The van der Waals surface area contributed by atoms with Gasteiger partial charge in [-0.1, -0.05) is 6.07 Å². The summed E-state index contributed by atoms with van der Waals surface area (Å²) >= 11 is 0. The van der Waals surface area contributed by atoms with Gasteiger partial charge in [0.05, 0.1) is 7.11 Å². The number of esters is 1. The van der Waals surface area contributed by atoms with Gasteiger partial charge < -0.3 is 20.5 Å². The normalized spacial score (nSPS) is 12.4. The lowest BCUT2D eigenvalue weighted by atomic mass is 10.1.